The van der Waals surface area contributed by atoms with E-state index in [4.69, 9.17) is 16.3 Å². The van der Waals surface area contributed by atoms with E-state index < -0.39 is 0 Å². The molecule has 0 aliphatic carbocycles. The Morgan fingerprint density at radius 1 is 1.35 bits per heavy atom. The quantitative estimate of drug-likeness (QED) is 0.849. The molecule has 23 heavy (non-hydrogen) atoms. The third-order valence-electron chi connectivity index (χ3n) is 3.94. The first-order chi connectivity index (χ1) is 11.1. The van der Waals surface area contributed by atoms with Crippen LogP contribution in [0.25, 0.3) is 0 Å². The SMILES string of the molecule is COC(=O)[C@@H]1CN(c2ccc(=O)[nH]n2)C[C@H]1c1ccc(Cl)cn1. The van der Waals surface area contributed by atoms with Gasteiger partial charge in [-0.05, 0) is 18.2 Å². The molecule has 7 nitrogen and oxygen atoms in total. The van der Waals surface area contributed by atoms with Gasteiger partial charge in [-0.2, -0.15) is 5.10 Å². The van der Waals surface area contributed by atoms with Crippen LogP contribution in [0, 0.1) is 5.92 Å². The number of ether oxygens (including phenoxy) is 1. The molecule has 120 valence electrons. The van der Waals surface area contributed by atoms with Gasteiger partial charge in [0.05, 0.1) is 18.1 Å². The number of hydrogen-bond acceptors (Lipinski definition) is 6. The van der Waals surface area contributed by atoms with Crippen LogP contribution in [0.1, 0.15) is 11.6 Å². The summed E-state index contributed by atoms with van der Waals surface area (Å²) in [6.07, 6.45) is 1.56. The normalized spacial score (nSPS) is 20.5. The smallest absolute Gasteiger partial charge is 0.311 e. The van der Waals surface area contributed by atoms with Crippen molar-refractivity contribution in [2.75, 3.05) is 25.1 Å². The highest BCUT2D eigenvalue weighted by atomic mass is 35.5. The first kappa shape index (κ1) is 15.5. The Morgan fingerprint density at radius 3 is 2.78 bits per heavy atom. The standard InChI is InChI=1S/C15H15ClN4O3/c1-23-15(22)11-8-20(13-4-5-14(21)19-18-13)7-10(11)12-3-2-9(16)6-17-12/h2-6,10-11H,7-8H2,1H3,(H,19,21)/t10-,11-/m1/s1. The third-order valence-corrected chi connectivity index (χ3v) is 4.17. The van der Waals surface area contributed by atoms with Crippen LogP contribution in [0.5, 0.6) is 0 Å². The summed E-state index contributed by atoms with van der Waals surface area (Å²) in [5, 5.41) is 6.96. The van der Waals surface area contributed by atoms with Crippen molar-refractivity contribution in [1.82, 2.24) is 15.2 Å². The number of esters is 1. The Bertz CT molecular complexity index is 742. The predicted octanol–water partition coefficient (Wildman–Crippen LogP) is 1.21. The van der Waals surface area contributed by atoms with E-state index in [0.717, 1.165) is 5.69 Å². The average Bonchev–Trinajstić information content (AvgIpc) is 3.00. The molecule has 8 heteroatoms. The highest BCUT2D eigenvalue weighted by Gasteiger charge is 2.40. The first-order valence-electron chi connectivity index (χ1n) is 7.08. The van der Waals surface area contributed by atoms with Crippen molar-refractivity contribution >= 4 is 23.4 Å². The van der Waals surface area contributed by atoms with Crippen molar-refractivity contribution in [2.24, 2.45) is 5.92 Å². The highest BCUT2D eigenvalue weighted by molar-refractivity contribution is 6.30. The largest absolute Gasteiger partial charge is 0.469 e. The lowest BCUT2D eigenvalue weighted by Gasteiger charge is -2.16. The maximum absolute atomic E-state index is 12.1. The van der Waals surface area contributed by atoms with Gasteiger partial charge < -0.3 is 9.64 Å². The molecule has 1 fully saturated rings. The summed E-state index contributed by atoms with van der Waals surface area (Å²) in [5.74, 6) is -0.176. The van der Waals surface area contributed by atoms with Crippen LogP contribution in [-0.2, 0) is 9.53 Å². The monoisotopic (exact) mass is 334 g/mol. The molecular formula is C15H15ClN4O3. The lowest BCUT2D eigenvalue weighted by atomic mass is 9.92. The number of carbonyl (C=O) groups excluding carboxylic acids is 1. The predicted molar refractivity (Wildman–Crippen MR) is 84.6 cm³/mol. The van der Waals surface area contributed by atoms with Crippen LogP contribution in [0.3, 0.4) is 0 Å². The average molecular weight is 335 g/mol. The van der Waals surface area contributed by atoms with Crippen molar-refractivity contribution in [3.05, 3.63) is 51.5 Å². The number of H-pyrrole nitrogens is 1. The van der Waals surface area contributed by atoms with Crippen molar-refractivity contribution in [2.45, 2.75) is 5.92 Å². The molecule has 1 saturated heterocycles. The summed E-state index contributed by atoms with van der Waals surface area (Å²) in [4.78, 5) is 29.5. The van der Waals surface area contributed by atoms with E-state index in [2.05, 4.69) is 15.2 Å². The third kappa shape index (κ3) is 3.19. The lowest BCUT2D eigenvalue weighted by molar-refractivity contribution is -0.145. The molecule has 3 rings (SSSR count). The number of aromatic amines is 1. The molecule has 2 aromatic heterocycles. The van der Waals surface area contributed by atoms with Gasteiger partial charge in [0.2, 0.25) is 0 Å². The van der Waals surface area contributed by atoms with Crippen molar-refractivity contribution in [3.8, 4) is 0 Å². The second-order valence-corrected chi connectivity index (χ2v) is 5.76. The molecule has 1 aliphatic rings. The Morgan fingerprint density at radius 2 is 2.17 bits per heavy atom. The molecule has 2 atom stereocenters. The van der Waals surface area contributed by atoms with Crippen LogP contribution < -0.4 is 10.5 Å². The number of pyridine rings is 1. The van der Waals surface area contributed by atoms with Gasteiger partial charge in [0, 0.05) is 37.0 Å². The summed E-state index contributed by atoms with van der Waals surface area (Å²) in [5.41, 5.74) is 0.505. The number of halogens is 1. The molecule has 0 spiro atoms. The van der Waals surface area contributed by atoms with E-state index in [-0.39, 0.29) is 23.4 Å². The number of nitrogens with zero attached hydrogens (tertiary/aromatic N) is 3. The van der Waals surface area contributed by atoms with E-state index in [1.165, 1.54) is 13.2 Å². The van der Waals surface area contributed by atoms with E-state index in [9.17, 15) is 9.59 Å². The first-order valence-corrected chi connectivity index (χ1v) is 7.46. The Balaban J connectivity index is 1.90. The van der Waals surface area contributed by atoms with Gasteiger partial charge in [-0.25, -0.2) is 5.10 Å². The number of hydrogen-bond donors (Lipinski definition) is 1. The Labute approximate surface area is 137 Å². The van der Waals surface area contributed by atoms with Gasteiger partial charge in [0.25, 0.3) is 5.56 Å². The minimum Gasteiger partial charge on any atom is -0.469 e. The number of methoxy groups -OCH3 is 1. The molecule has 0 radical (unpaired) electrons. The highest BCUT2D eigenvalue weighted by Crippen LogP contribution is 2.34. The molecule has 3 heterocycles. The van der Waals surface area contributed by atoms with Gasteiger partial charge in [-0.3, -0.25) is 14.6 Å². The topological polar surface area (TPSA) is 88.2 Å². The summed E-state index contributed by atoms with van der Waals surface area (Å²) in [6.45, 7) is 0.994. The molecule has 0 unspecified atom stereocenters. The number of carbonyl (C=O) groups is 1. The zero-order valence-electron chi connectivity index (χ0n) is 12.4. The number of anilines is 1. The second kappa shape index (κ2) is 6.37. The second-order valence-electron chi connectivity index (χ2n) is 5.32. The fraction of sp³-hybridized carbons (Fsp3) is 0.333. The van der Waals surface area contributed by atoms with Crippen LogP contribution in [0.2, 0.25) is 5.02 Å². The van der Waals surface area contributed by atoms with Crippen molar-refractivity contribution in [3.63, 3.8) is 0 Å². The van der Waals surface area contributed by atoms with Crippen LogP contribution in [0.15, 0.2) is 35.3 Å². The number of nitrogens with one attached hydrogen (secondary N) is 1. The van der Waals surface area contributed by atoms with Gasteiger partial charge >= 0.3 is 5.97 Å². The lowest BCUT2D eigenvalue weighted by Crippen LogP contribution is -2.25. The van der Waals surface area contributed by atoms with Crippen molar-refractivity contribution < 1.29 is 9.53 Å². The molecule has 0 aromatic carbocycles. The van der Waals surface area contributed by atoms with E-state index in [0.29, 0.717) is 23.9 Å². The summed E-state index contributed by atoms with van der Waals surface area (Å²) >= 11 is 5.88. The molecule has 0 saturated carbocycles. The summed E-state index contributed by atoms with van der Waals surface area (Å²) in [7, 11) is 1.37. The summed E-state index contributed by atoms with van der Waals surface area (Å²) in [6, 6.07) is 6.60. The fourth-order valence-electron chi connectivity index (χ4n) is 2.80. The van der Waals surface area contributed by atoms with Gasteiger partial charge in [0.15, 0.2) is 0 Å². The van der Waals surface area contributed by atoms with E-state index in [1.54, 1.807) is 18.3 Å². The van der Waals surface area contributed by atoms with Crippen LogP contribution in [0.4, 0.5) is 5.82 Å². The fourth-order valence-corrected chi connectivity index (χ4v) is 2.91. The van der Waals surface area contributed by atoms with Gasteiger partial charge in [-0.15, -0.1) is 0 Å². The maximum Gasteiger partial charge on any atom is 0.311 e. The van der Waals surface area contributed by atoms with E-state index in [1.807, 2.05) is 11.0 Å². The van der Waals surface area contributed by atoms with Crippen LogP contribution >= 0.6 is 11.6 Å². The molecule has 0 bridgehead atoms. The Hall–Kier alpha value is -2.41. The van der Waals surface area contributed by atoms with Gasteiger partial charge in [-0.1, -0.05) is 11.6 Å². The number of aromatic nitrogens is 3. The number of rotatable bonds is 3. The molecule has 0 amide bonds. The molecular weight excluding hydrogens is 320 g/mol. The van der Waals surface area contributed by atoms with E-state index >= 15 is 0 Å². The minimum atomic E-state index is -0.359. The molecule has 2 aromatic rings. The minimum absolute atomic E-state index is 0.131. The van der Waals surface area contributed by atoms with Crippen LogP contribution in [-0.4, -0.2) is 41.3 Å². The zero-order valence-corrected chi connectivity index (χ0v) is 13.2. The Kier molecular flexibility index (Phi) is 4.29. The maximum atomic E-state index is 12.1. The zero-order chi connectivity index (χ0) is 16.4. The van der Waals surface area contributed by atoms with Crippen molar-refractivity contribution in [1.29, 1.82) is 0 Å². The summed E-state index contributed by atoms with van der Waals surface area (Å²) < 4.78 is 4.92. The molecule has 1 aliphatic heterocycles. The molecule has 1 N–H and O–H groups in total. The van der Waals surface area contributed by atoms with Gasteiger partial charge in [0.1, 0.15) is 5.82 Å².